The van der Waals surface area contributed by atoms with Gasteiger partial charge in [0.1, 0.15) is 5.69 Å². The third-order valence-corrected chi connectivity index (χ3v) is 6.72. The first-order valence-corrected chi connectivity index (χ1v) is 11.9. The number of hydrogen-bond donors (Lipinski definition) is 2. The van der Waals surface area contributed by atoms with E-state index in [0.29, 0.717) is 18.1 Å². The molecule has 9 heteroatoms. The molecule has 0 unspecified atom stereocenters. The highest BCUT2D eigenvalue weighted by Gasteiger charge is 2.26. The number of piperidine rings is 1. The molecule has 1 aromatic heterocycles. The van der Waals surface area contributed by atoms with E-state index in [9.17, 15) is 14.4 Å². The van der Waals surface area contributed by atoms with Crippen molar-refractivity contribution in [2.45, 2.75) is 18.8 Å². The highest BCUT2D eigenvalue weighted by molar-refractivity contribution is 7.09. The molecular weight excluding hydrogens is 472 g/mol. The SMILES string of the molecule is O=C(NNC(=O)c1ccccc1Cl)c1csc(C2CCN(C(=O)C#Cc3ccccc3)CC2)n1. The molecule has 2 N–H and O–H groups in total. The van der Waals surface area contributed by atoms with Crippen molar-refractivity contribution in [2.75, 3.05) is 13.1 Å². The molecule has 3 aromatic rings. The lowest BCUT2D eigenvalue weighted by Gasteiger charge is -2.29. The Bertz CT molecular complexity index is 1260. The smallest absolute Gasteiger partial charge is 0.298 e. The highest BCUT2D eigenvalue weighted by Crippen LogP contribution is 2.30. The number of amides is 3. The second-order valence-corrected chi connectivity index (χ2v) is 8.94. The van der Waals surface area contributed by atoms with Crippen molar-refractivity contribution in [3.8, 4) is 11.8 Å². The molecule has 0 saturated carbocycles. The summed E-state index contributed by atoms with van der Waals surface area (Å²) in [4.78, 5) is 43.2. The minimum Gasteiger partial charge on any atom is -0.332 e. The summed E-state index contributed by atoms with van der Waals surface area (Å²) in [7, 11) is 0. The molecule has 1 fully saturated rings. The number of aromatic nitrogens is 1. The number of carbonyl (C=O) groups is 3. The summed E-state index contributed by atoms with van der Waals surface area (Å²) >= 11 is 7.40. The van der Waals surface area contributed by atoms with E-state index in [1.54, 1.807) is 34.5 Å². The number of nitrogens with zero attached hydrogens (tertiary/aromatic N) is 2. The van der Waals surface area contributed by atoms with Crippen LogP contribution in [-0.4, -0.2) is 40.7 Å². The molecule has 2 heterocycles. The van der Waals surface area contributed by atoms with Crippen LogP contribution in [0, 0.1) is 11.8 Å². The van der Waals surface area contributed by atoms with Gasteiger partial charge in [0.15, 0.2) is 0 Å². The van der Waals surface area contributed by atoms with E-state index in [-0.39, 0.29) is 23.1 Å². The lowest BCUT2D eigenvalue weighted by atomic mass is 9.97. The Kier molecular flexibility index (Phi) is 7.58. The molecule has 0 radical (unpaired) electrons. The Balaban J connectivity index is 1.28. The average molecular weight is 493 g/mol. The molecule has 0 aliphatic carbocycles. The van der Waals surface area contributed by atoms with Crippen molar-refractivity contribution < 1.29 is 14.4 Å². The number of nitrogens with one attached hydrogen (secondary N) is 2. The van der Waals surface area contributed by atoms with E-state index >= 15 is 0 Å². The number of thiazole rings is 1. The maximum atomic E-state index is 12.4. The first-order chi connectivity index (χ1) is 16.5. The van der Waals surface area contributed by atoms with Crippen LogP contribution in [0.2, 0.25) is 5.02 Å². The minimum atomic E-state index is -0.512. The largest absolute Gasteiger partial charge is 0.332 e. The van der Waals surface area contributed by atoms with Crippen molar-refractivity contribution in [3.63, 3.8) is 0 Å². The van der Waals surface area contributed by atoms with Gasteiger partial charge in [-0.3, -0.25) is 25.2 Å². The number of halogens is 1. The maximum absolute atomic E-state index is 12.4. The van der Waals surface area contributed by atoms with Gasteiger partial charge in [0, 0.05) is 35.9 Å². The molecule has 0 atom stereocenters. The predicted octanol–water partition coefficient (Wildman–Crippen LogP) is 3.63. The quantitative estimate of drug-likeness (QED) is 0.431. The van der Waals surface area contributed by atoms with Crippen LogP contribution in [0.25, 0.3) is 0 Å². The lowest BCUT2D eigenvalue weighted by molar-refractivity contribution is -0.126. The van der Waals surface area contributed by atoms with E-state index in [0.717, 1.165) is 23.4 Å². The summed E-state index contributed by atoms with van der Waals surface area (Å²) < 4.78 is 0. The molecule has 172 valence electrons. The average Bonchev–Trinajstić information content (AvgIpc) is 3.37. The summed E-state index contributed by atoms with van der Waals surface area (Å²) in [5.41, 5.74) is 6.02. The standard InChI is InChI=1S/C25H21ClN4O3S/c26-20-9-5-4-8-19(20)23(32)28-29-24(33)21-16-34-25(27-21)18-12-14-30(15-13-18)22(31)11-10-17-6-2-1-3-7-17/h1-9,16,18H,12-15H2,(H,28,32)(H,29,33). The monoisotopic (exact) mass is 492 g/mol. The van der Waals surface area contributed by atoms with Crippen LogP contribution < -0.4 is 10.9 Å². The van der Waals surface area contributed by atoms with Crippen LogP contribution in [0.3, 0.4) is 0 Å². The van der Waals surface area contributed by atoms with E-state index in [2.05, 4.69) is 27.7 Å². The van der Waals surface area contributed by atoms with Gasteiger partial charge in [-0.1, -0.05) is 47.9 Å². The Hall–Kier alpha value is -3.67. The van der Waals surface area contributed by atoms with E-state index in [1.165, 1.54) is 11.3 Å². The molecule has 2 aromatic carbocycles. The van der Waals surface area contributed by atoms with Crippen molar-refractivity contribution in [3.05, 3.63) is 86.8 Å². The van der Waals surface area contributed by atoms with Crippen LogP contribution in [0.5, 0.6) is 0 Å². The summed E-state index contributed by atoms with van der Waals surface area (Å²) in [6.07, 6.45) is 1.49. The summed E-state index contributed by atoms with van der Waals surface area (Å²) in [5, 5.41) is 2.79. The summed E-state index contributed by atoms with van der Waals surface area (Å²) in [6, 6.07) is 16.0. The van der Waals surface area contributed by atoms with Crippen molar-refractivity contribution in [1.29, 1.82) is 0 Å². The summed E-state index contributed by atoms with van der Waals surface area (Å²) in [5.74, 6) is 4.57. The van der Waals surface area contributed by atoms with Gasteiger partial charge in [-0.25, -0.2) is 4.98 Å². The lowest BCUT2D eigenvalue weighted by Crippen LogP contribution is -2.41. The predicted molar refractivity (Wildman–Crippen MR) is 130 cm³/mol. The Labute approximate surface area is 206 Å². The molecule has 1 saturated heterocycles. The van der Waals surface area contributed by atoms with Crippen LogP contribution in [0.15, 0.2) is 60.0 Å². The van der Waals surface area contributed by atoms with Crippen LogP contribution >= 0.6 is 22.9 Å². The number of benzene rings is 2. The zero-order chi connectivity index (χ0) is 23.9. The van der Waals surface area contributed by atoms with E-state index in [1.807, 2.05) is 30.3 Å². The molecular formula is C25H21ClN4O3S. The molecule has 1 aliphatic heterocycles. The van der Waals surface area contributed by atoms with Gasteiger partial charge >= 0.3 is 0 Å². The Morgan fingerprint density at radius 2 is 1.65 bits per heavy atom. The van der Waals surface area contributed by atoms with Gasteiger partial charge in [-0.15, -0.1) is 11.3 Å². The van der Waals surface area contributed by atoms with Gasteiger partial charge in [-0.2, -0.15) is 0 Å². The summed E-state index contributed by atoms with van der Waals surface area (Å²) in [6.45, 7) is 1.17. The molecule has 3 amide bonds. The Morgan fingerprint density at radius 1 is 0.971 bits per heavy atom. The normalized spacial score (nSPS) is 13.5. The van der Waals surface area contributed by atoms with Gasteiger partial charge in [-0.05, 0) is 37.1 Å². The number of hydrogen-bond acceptors (Lipinski definition) is 5. The second kappa shape index (κ2) is 11.0. The molecule has 7 nitrogen and oxygen atoms in total. The van der Waals surface area contributed by atoms with Gasteiger partial charge < -0.3 is 4.90 Å². The minimum absolute atomic E-state index is 0.162. The van der Waals surface area contributed by atoms with Gasteiger partial charge in [0.25, 0.3) is 17.7 Å². The fraction of sp³-hybridized carbons (Fsp3) is 0.200. The zero-order valence-corrected chi connectivity index (χ0v) is 19.7. The third kappa shape index (κ3) is 5.81. The van der Waals surface area contributed by atoms with E-state index in [4.69, 9.17) is 11.6 Å². The molecule has 34 heavy (non-hydrogen) atoms. The van der Waals surface area contributed by atoms with Crippen molar-refractivity contribution >= 4 is 40.7 Å². The van der Waals surface area contributed by atoms with Crippen molar-refractivity contribution in [1.82, 2.24) is 20.7 Å². The first-order valence-electron chi connectivity index (χ1n) is 10.7. The molecule has 0 spiro atoms. The number of likely N-dealkylation sites (tertiary alicyclic amines) is 1. The Morgan fingerprint density at radius 3 is 2.38 bits per heavy atom. The van der Waals surface area contributed by atoms with Crippen LogP contribution in [0.4, 0.5) is 0 Å². The number of rotatable bonds is 3. The zero-order valence-electron chi connectivity index (χ0n) is 18.1. The molecule has 1 aliphatic rings. The third-order valence-electron chi connectivity index (χ3n) is 5.38. The fourth-order valence-corrected chi connectivity index (χ4v) is 4.72. The maximum Gasteiger partial charge on any atom is 0.298 e. The van der Waals surface area contributed by atoms with Gasteiger partial charge in [0.05, 0.1) is 15.6 Å². The topological polar surface area (TPSA) is 91.4 Å². The van der Waals surface area contributed by atoms with E-state index < -0.39 is 11.8 Å². The number of hydrazine groups is 1. The fourth-order valence-electron chi connectivity index (χ4n) is 3.53. The highest BCUT2D eigenvalue weighted by atomic mass is 35.5. The van der Waals surface area contributed by atoms with Crippen LogP contribution in [0.1, 0.15) is 50.2 Å². The molecule has 4 rings (SSSR count). The van der Waals surface area contributed by atoms with Gasteiger partial charge in [0.2, 0.25) is 0 Å². The second-order valence-electron chi connectivity index (χ2n) is 7.64. The molecule has 0 bridgehead atoms. The number of carbonyl (C=O) groups excluding carboxylic acids is 3. The first kappa shape index (κ1) is 23.5. The van der Waals surface area contributed by atoms with Crippen LogP contribution in [-0.2, 0) is 4.79 Å². The van der Waals surface area contributed by atoms with Crippen molar-refractivity contribution in [2.24, 2.45) is 0 Å².